The highest BCUT2D eigenvalue weighted by molar-refractivity contribution is 7.98. The fourth-order valence-corrected chi connectivity index (χ4v) is 4.95. The highest BCUT2D eigenvalue weighted by Crippen LogP contribution is 2.25. The Morgan fingerprint density at radius 2 is 1.63 bits per heavy atom. The van der Waals surface area contributed by atoms with Gasteiger partial charge in [0.15, 0.2) is 5.76 Å². The van der Waals surface area contributed by atoms with E-state index in [1.165, 1.54) is 4.90 Å². The Bertz CT molecular complexity index is 848. The summed E-state index contributed by atoms with van der Waals surface area (Å²) in [5, 5.41) is 0. The second kappa shape index (κ2) is 10.2. The summed E-state index contributed by atoms with van der Waals surface area (Å²) in [7, 11) is 0. The van der Waals surface area contributed by atoms with Gasteiger partial charge in [0.05, 0.1) is 12.8 Å². The molecule has 2 aliphatic rings. The Morgan fingerprint density at radius 3 is 2.43 bits per heavy atom. The second-order valence-corrected chi connectivity index (χ2v) is 8.94. The van der Waals surface area contributed by atoms with Crippen LogP contribution in [0.2, 0.25) is 0 Å². The number of carbonyl (C=O) groups is 2. The van der Waals surface area contributed by atoms with Crippen LogP contribution in [-0.4, -0.2) is 72.3 Å². The van der Waals surface area contributed by atoms with E-state index in [0.717, 1.165) is 51.0 Å². The number of benzene rings is 1. The van der Waals surface area contributed by atoms with Crippen LogP contribution in [0.4, 0.5) is 0 Å². The molecule has 2 fully saturated rings. The van der Waals surface area contributed by atoms with E-state index in [1.54, 1.807) is 18.0 Å². The molecule has 0 radical (unpaired) electrons. The summed E-state index contributed by atoms with van der Waals surface area (Å²) in [5.41, 5.74) is 0.930. The first-order chi connectivity index (χ1) is 14.7. The van der Waals surface area contributed by atoms with E-state index in [9.17, 15) is 9.59 Å². The normalized spacial score (nSPS) is 17.9. The molecule has 0 aliphatic carbocycles. The third-order valence-electron chi connectivity index (χ3n) is 5.77. The standard InChI is InChI=1S/C23H29N3O3S/c27-21(25-11-4-5-12-25)17-24-10-6-13-26(15-14-24)23(28)22-19(9-16-29-22)18-30-20-7-2-1-3-8-20/h1-3,7-9,16H,4-6,10-15,17-18H2. The number of amides is 2. The zero-order valence-corrected chi connectivity index (χ0v) is 18.1. The number of likely N-dealkylation sites (tertiary alicyclic amines) is 1. The van der Waals surface area contributed by atoms with Crippen LogP contribution in [0.25, 0.3) is 0 Å². The molecule has 0 bridgehead atoms. The molecule has 160 valence electrons. The van der Waals surface area contributed by atoms with Crippen molar-refractivity contribution in [3.05, 3.63) is 54.0 Å². The van der Waals surface area contributed by atoms with Gasteiger partial charge in [0.25, 0.3) is 5.91 Å². The molecule has 0 atom stereocenters. The molecule has 7 heteroatoms. The number of hydrogen-bond acceptors (Lipinski definition) is 5. The second-order valence-electron chi connectivity index (χ2n) is 7.89. The molecule has 6 nitrogen and oxygen atoms in total. The number of nitrogens with zero attached hydrogens (tertiary/aromatic N) is 3. The van der Waals surface area contributed by atoms with Gasteiger partial charge in [-0.2, -0.15) is 0 Å². The summed E-state index contributed by atoms with van der Waals surface area (Å²) in [6.07, 6.45) is 4.70. The SMILES string of the molecule is O=C(CN1CCCN(C(=O)c2occc2CSc2ccccc2)CC1)N1CCCC1. The molecule has 30 heavy (non-hydrogen) atoms. The van der Waals surface area contributed by atoms with E-state index < -0.39 is 0 Å². The highest BCUT2D eigenvalue weighted by Gasteiger charge is 2.26. The molecule has 0 N–H and O–H groups in total. The summed E-state index contributed by atoms with van der Waals surface area (Å²) in [6.45, 7) is 5.12. The van der Waals surface area contributed by atoms with Crippen molar-refractivity contribution in [2.75, 3.05) is 45.8 Å². The topological polar surface area (TPSA) is 57.0 Å². The molecule has 2 saturated heterocycles. The zero-order valence-electron chi connectivity index (χ0n) is 17.3. The predicted octanol–water partition coefficient (Wildman–Crippen LogP) is 3.34. The Balaban J connectivity index is 1.32. The first kappa shape index (κ1) is 21.0. The van der Waals surface area contributed by atoms with Gasteiger partial charge in [-0.1, -0.05) is 18.2 Å². The van der Waals surface area contributed by atoms with Crippen molar-refractivity contribution in [2.45, 2.75) is 29.9 Å². The first-order valence-electron chi connectivity index (χ1n) is 10.7. The zero-order chi connectivity index (χ0) is 20.8. The van der Waals surface area contributed by atoms with E-state index in [0.29, 0.717) is 31.1 Å². The molecular weight excluding hydrogens is 398 g/mol. The average Bonchev–Trinajstić information content (AvgIpc) is 3.42. The van der Waals surface area contributed by atoms with E-state index in [4.69, 9.17) is 4.42 Å². The first-order valence-corrected chi connectivity index (χ1v) is 11.7. The van der Waals surface area contributed by atoms with Gasteiger partial charge in [0.1, 0.15) is 0 Å². The Hall–Kier alpha value is -2.25. The Morgan fingerprint density at radius 1 is 0.867 bits per heavy atom. The van der Waals surface area contributed by atoms with Crippen molar-refractivity contribution in [2.24, 2.45) is 0 Å². The van der Waals surface area contributed by atoms with Crippen molar-refractivity contribution >= 4 is 23.6 Å². The van der Waals surface area contributed by atoms with E-state index in [2.05, 4.69) is 17.0 Å². The lowest BCUT2D eigenvalue weighted by atomic mass is 10.2. The number of furan rings is 1. The largest absolute Gasteiger partial charge is 0.459 e. The molecule has 3 heterocycles. The van der Waals surface area contributed by atoms with Crippen molar-refractivity contribution in [1.29, 1.82) is 0 Å². The Kier molecular flexibility index (Phi) is 7.12. The Labute approximate surface area is 182 Å². The van der Waals surface area contributed by atoms with Crippen LogP contribution in [0.1, 0.15) is 35.4 Å². The predicted molar refractivity (Wildman–Crippen MR) is 117 cm³/mol. The van der Waals surface area contributed by atoms with Crippen LogP contribution in [0, 0.1) is 0 Å². The molecule has 1 aromatic carbocycles. The fraction of sp³-hybridized carbons (Fsp3) is 0.478. The van der Waals surface area contributed by atoms with Gasteiger partial charge in [-0.3, -0.25) is 14.5 Å². The summed E-state index contributed by atoms with van der Waals surface area (Å²) in [5.74, 6) is 1.32. The fourth-order valence-electron chi connectivity index (χ4n) is 4.05. The number of hydrogen-bond donors (Lipinski definition) is 0. The van der Waals surface area contributed by atoms with Crippen LogP contribution >= 0.6 is 11.8 Å². The van der Waals surface area contributed by atoms with Crippen LogP contribution in [0.15, 0.2) is 52.0 Å². The van der Waals surface area contributed by atoms with Gasteiger partial charge in [0, 0.05) is 55.5 Å². The van der Waals surface area contributed by atoms with Crippen molar-refractivity contribution in [3.63, 3.8) is 0 Å². The average molecular weight is 428 g/mol. The highest BCUT2D eigenvalue weighted by atomic mass is 32.2. The quantitative estimate of drug-likeness (QED) is 0.662. The van der Waals surface area contributed by atoms with Gasteiger partial charge in [0.2, 0.25) is 5.91 Å². The summed E-state index contributed by atoms with van der Waals surface area (Å²) in [4.78, 5) is 32.8. The maximum absolute atomic E-state index is 13.1. The van der Waals surface area contributed by atoms with E-state index >= 15 is 0 Å². The summed E-state index contributed by atoms with van der Waals surface area (Å²) < 4.78 is 5.59. The molecule has 1 aromatic heterocycles. The van der Waals surface area contributed by atoms with Crippen LogP contribution in [0.3, 0.4) is 0 Å². The molecule has 0 spiro atoms. The van der Waals surface area contributed by atoms with Gasteiger partial charge in [-0.25, -0.2) is 0 Å². The van der Waals surface area contributed by atoms with Crippen LogP contribution in [0.5, 0.6) is 0 Å². The summed E-state index contributed by atoms with van der Waals surface area (Å²) in [6, 6.07) is 12.1. The third kappa shape index (κ3) is 5.26. The minimum atomic E-state index is -0.0450. The maximum atomic E-state index is 13.1. The maximum Gasteiger partial charge on any atom is 0.289 e. The van der Waals surface area contributed by atoms with Gasteiger partial charge in [-0.15, -0.1) is 11.8 Å². The summed E-state index contributed by atoms with van der Waals surface area (Å²) >= 11 is 1.70. The molecule has 2 amide bonds. The molecule has 0 saturated carbocycles. The van der Waals surface area contributed by atoms with E-state index in [1.807, 2.05) is 34.1 Å². The van der Waals surface area contributed by atoms with Crippen molar-refractivity contribution in [3.8, 4) is 0 Å². The van der Waals surface area contributed by atoms with Gasteiger partial charge >= 0.3 is 0 Å². The molecule has 2 aromatic rings. The van der Waals surface area contributed by atoms with E-state index in [-0.39, 0.29) is 11.8 Å². The lowest BCUT2D eigenvalue weighted by Gasteiger charge is -2.23. The van der Waals surface area contributed by atoms with Gasteiger partial charge < -0.3 is 14.2 Å². The molecular formula is C23H29N3O3S. The van der Waals surface area contributed by atoms with Gasteiger partial charge in [-0.05, 0) is 37.5 Å². The molecule has 2 aliphatic heterocycles. The van der Waals surface area contributed by atoms with Crippen molar-refractivity contribution < 1.29 is 14.0 Å². The number of carbonyl (C=O) groups excluding carboxylic acids is 2. The smallest absolute Gasteiger partial charge is 0.289 e. The van der Waals surface area contributed by atoms with Crippen molar-refractivity contribution in [1.82, 2.24) is 14.7 Å². The lowest BCUT2D eigenvalue weighted by molar-refractivity contribution is -0.131. The molecule has 4 rings (SSSR count). The lowest BCUT2D eigenvalue weighted by Crippen LogP contribution is -2.41. The molecule has 0 unspecified atom stereocenters. The van der Waals surface area contributed by atoms with Crippen LogP contribution in [-0.2, 0) is 10.5 Å². The minimum Gasteiger partial charge on any atom is -0.459 e. The number of thioether (sulfide) groups is 1. The monoisotopic (exact) mass is 427 g/mol. The number of rotatable bonds is 6. The minimum absolute atomic E-state index is 0.0450. The third-order valence-corrected chi connectivity index (χ3v) is 6.83. The van der Waals surface area contributed by atoms with Crippen LogP contribution < -0.4 is 0 Å².